The number of halogens is 1. The van der Waals surface area contributed by atoms with E-state index in [2.05, 4.69) is 30.3 Å². The Kier molecular flexibility index (Phi) is 2.64. The number of benzene rings is 3. The van der Waals surface area contributed by atoms with E-state index >= 15 is 0 Å². The van der Waals surface area contributed by atoms with E-state index < -0.39 is 5.82 Å². The molecule has 0 N–H and O–H groups in total. The van der Waals surface area contributed by atoms with Crippen molar-refractivity contribution in [3.63, 3.8) is 0 Å². The summed E-state index contributed by atoms with van der Waals surface area (Å²) in [5.74, 6) is -0.467. The Labute approximate surface area is 122 Å². The van der Waals surface area contributed by atoms with E-state index in [0.29, 0.717) is 6.29 Å². The van der Waals surface area contributed by atoms with Crippen molar-refractivity contribution in [2.24, 2.45) is 0 Å². The van der Waals surface area contributed by atoms with Crippen molar-refractivity contribution in [1.82, 2.24) is 0 Å². The molecule has 4 rings (SSSR count). The summed E-state index contributed by atoms with van der Waals surface area (Å²) in [6.45, 7) is 0. The van der Waals surface area contributed by atoms with Gasteiger partial charge < -0.3 is 0 Å². The Balaban J connectivity index is 2.00. The highest BCUT2D eigenvalue weighted by molar-refractivity contribution is 6.01. The molecule has 1 aliphatic rings. The Hall–Kier alpha value is -2.48. The SMILES string of the molecule is O=Cc1ccc(-c2ccc3c4c(cccc24)CC3)cc1F. The molecule has 1 aliphatic carbocycles. The Bertz CT molecular complexity index is 870. The van der Waals surface area contributed by atoms with Crippen molar-refractivity contribution in [3.8, 4) is 11.1 Å². The van der Waals surface area contributed by atoms with Gasteiger partial charge in [0.15, 0.2) is 6.29 Å². The predicted octanol–water partition coefficient (Wildman–Crippen LogP) is 4.56. The average Bonchev–Trinajstić information content (AvgIpc) is 2.93. The first-order valence-electron chi connectivity index (χ1n) is 7.06. The van der Waals surface area contributed by atoms with Gasteiger partial charge in [0, 0.05) is 0 Å². The topological polar surface area (TPSA) is 17.1 Å². The van der Waals surface area contributed by atoms with Gasteiger partial charge in [-0.05, 0) is 58.0 Å². The molecule has 0 saturated heterocycles. The molecule has 0 saturated carbocycles. The maximum Gasteiger partial charge on any atom is 0.152 e. The second kappa shape index (κ2) is 4.52. The van der Waals surface area contributed by atoms with E-state index in [4.69, 9.17) is 0 Å². The molecule has 0 amide bonds. The second-order valence-electron chi connectivity index (χ2n) is 5.47. The molecule has 2 heteroatoms. The van der Waals surface area contributed by atoms with Gasteiger partial charge in [0.05, 0.1) is 5.56 Å². The van der Waals surface area contributed by atoms with Crippen LogP contribution in [0.3, 0.4) is 0 Å². The standard InChI is InChI=1S/C19H13FO/c20-18-10-14(6-7-15(18)11-21)16-9-8-13-5-4-12-2-1-3-17(16)19(12)13/h1-3,6-11H,4-5H2. The molecular formula is C19H13FO. The van der Waals surface area contributed by atoms with Crippen LogP contribution in [0.25, 0.3) is 21.9 Å². The van der Waals surface area contributed by atoms with Gasteiger partial charge in [-0.1, -0.05) is 36.4 Å². The lowest BCUT2D eigenvalue weighted by molar-refractivity contribution is 0.112. The second-order valence-corrected chi connectivity index (χ2v) is 5.47. The first kappa shape index (κ1) is 12.3. The largest absolute Gasteiger partial charge is 0.298 e. The molecule has 1 nitrogen and oxygen atoms in total. The van der Waals surface area contributed by atoms with Gasteiger partial charge in [0.25, 0.3) is 0 Å². The van der Waals surface area contributed by atoms with Gasteiger partial charge >= 0.3 is 0 Å². The van der Waals surface area contributed by atoms with Gasteiger partial charge in [-0.15, -0.1) is 0 Å². The van der Waals surface area contributed by atoms with Crippen LogP contribution >= 0.6 is 0 Å². The fourth-order valence-corrected chi connectivity index (χ4v) is 3.29. The average molecular weight is 276 g/mol. The summed E-state index contributed by atoms with van der Waals surface area (Å²) in [5.41, 5.74) is 4.68. The molecule has 3 aromatic carbocycles. The van der Waals surface area contributed by atoms with Crippen LogP contribution in [0.1, 0.15) is 21.5 Å². The molecule has 0 spiro atoms. The van der Waals surface area contributed by atoms with Crippen molar-refractivity contribution < 1.29 is 9.18 Å². The molecule has 0 atom stereocenters. The third-order valence-corrected chi connectivity index (χ3v) is 4.32. The minimum absolute atomic E-state index is 0.102. The van der Waals surface area contributed by atoms with Gasteiger partial charge in [0.2, 0.25) is 0 Å². The molecule has 0 radical (unpaired) electrons. The fraction of sp³-hybridized carbons (Fsp3) is 0.105. The normalized spacial score (nSPS) is 12.8. The molecule has 3 aromatic rings. The monoisotopic (exact) mass is 276 g/mol. The van der Waals surface area contributed by atoms with Gasteiger partial charge in [0.1, 0.15) is 5.82 Å². The zero-order valence-electron chi connectivity index (χ0n) is 11.4. The number of carbonyl (C=O) groups excluding carboxylic acids is 1. The molecule has 0 heterocycles. The minimum atomic E-state index is -0.467. The minimum Gasteiger partial charge on any atom is -0.298 e. The number of aldehydes is 1. The summed E-state index contributed by atoms with van der Waals surface area (Å²) in [7, 11) is 0. The smallest absolute Gasteiger partial charge is 0.152 e. The van der Waals surface area contributed by atoms with Crippen molar-refractivity contribution in [3.05, 3.63) is 71.0 Å². The summed E-state index contributed by atoms with van der Waals surface area (Å²) >= 11 is 0. The summed E-state index contributed by atoms with van der Waals surface area (Å²) < 4.78 is 13.9. The quantitative estimate of drug-likeness (QED) is 0.627. The molecule has 21 heavy (non-hydrogen) atoms. The summed E-state index contributed by atoms with van der Waals surface area (Å²) in [6, 6.07) is 15.3. The van der Waals surface area contributed by atoms with E-state index in [-0.39, 0.29) is 5.56 Å². The first-order valence-corrected chi connectivity index (χ1v) is 7.06. The maximum absolute atomic E-state index is 13.9. The highest BCUT2D eigenvalue weighted by Gasteiger charge is 2.16. The molecule has 0 aliphatic heterocycles. The maximum atomic E-state index is 13.9. The Morgan fingerprint density at radius 3 is 2.52 bits per heavy atom. The molecule has 0 fully saturated rings. The van der Waals surface area contributed by atoms with E-state index in [1.807, 2.05) is 6.07 Å². The molecular weight excluding hydrogens is 263 g/mol. The zero-order chi connectivity index (χ0) is 14.4. The lowest BCUT2D eigenvalue weighted by atomic mass is 9.95. The van der Waals surface area contributed by atoms with Crippen LogP contribution in [0.5, 0.6) is 0 Å². The molecule has 102 valence electrons. The van der Waals surface area contributed by atoms with Crippen molar-refractivity contribution in [2.75, 3.05) is 0 Å². The van der Waals surface area contributed by atoms with E-state index in [9.17, 15) is 9.18 Å². The van der Waals surface area contributed by atoms with Crippen LogP contribution in [-0.2, 0) is 12.8 Å². The Morgan fingerprint density at radius 1 is 0.952 bits per heavy atom. The lowest BCUT2D eigenvalue weighted by Crippen LogP contribution is -1.90. The van der Waals surface area contributed by atoms with Crippen molar-refractivity contribution in [1.29, 1.82) is 0 Å². The van der Waals surface area contributed by atoms with Crippen LogP contribution in [0.15, 0.2) is 48.5 Å². The summed E-state index contributed by atoms with van der Waals surface area (Å²) in [5, 5.41) is 2.48. The number of carbonyl (C=O) groups is 1. The zero-order valence-corrected chi connectivity index (χ0v) is 11.4. The summed E-state index contributed by atoms with van der Waals surface area (Å²) in [4.78, 5) is 10.7. The van der Waals surface area contributed by atoms with Crippen LogP contribution < -0.4 is 0 Å². The predicted molar refractivity (Wildman–Crippen MR) is 82.1 cm³/mol. The van der Waals surface area contributed by atoms with Crippen LogP contribution in [0.4, 0.5) is 4.39 Å². The van der Waals surface area contributed by atoms with E-state index in [1.54, 1.807) is 6.07 Å². The van der Waals surface area contributed by atoms with Crippen LogP contribution in [-0.4, -0.2) is 6.29 Å². The third-order valence-electron chi connectivity index (χ3n) is 4.32. The highest BCUT2D eigenvalue weighted by Crippen LogP contribution is 2.37. The molecule has 0 aromatic heterocycles. The van der Waals surface area contributed by atoms with Gasteiger partial charge in [-0.25, -0.2) is 4.39 Å². The van der Waals surface area contributed by atoms with Crippen molar-refractivity contribution >= 4 is 17.1 Å². The van der Waals surface area contributed by atoms with Crippen LogP contribution in [0, 0.1) is 5.82 Å². The number of hydrogen-bond acceptors (Lipinski definition) is 1. The number of hydrogen-bond donors (Lipinski definition) is 0. The molecule has 0 bridgehead atoms. The highest BCUT2D eigenvalue weighted by atomic mass is 19.1. The van der Waals surface area contributed by atoms with E-state index in [1.165, 1.54) is 28.0 Å². The van der Waals surface area contributed by atoms with E-state index in [0.717, 1.165) is 24.0 Å². The van der Waals surface area contributed by atoms with Gasteiger partial charge in [-0.3, -0.25) is 4.79 Å². The van der Waals surface area contributed by atoms with Gasteiger partial charge in [-0.2, -0.15) is 0 Å². The lowest BCUT2D eigenvalue weighted by Gasteiger charge is -2.10. The molecule has 0 unspecified atom stereocenters. The number of aryl methyl sites for hydroxylation is 2. The fourth-order valence-electron chi connectivity index (χ4n) is 3.29. The first-order chi connectivity index (χ1) is 10.3. The number of rotatable bonds is 2. The summed E-state index contributed by atoms with van der Waals surface area (Å²) in [6.07, 6.45) is 2.70. The third kappa shape index (κ3) is 1.79. The van der Waals surface area contributed by atoms with Crippen molar-refractivity contribution in [2.45, 2.75) is 12.8 Å². The Morgan fingerprint density at radius 2 is 1.76 bits per heavy atom. The van der Waals surface area contributed by atoms with Crippen LogP contribution in [0.2, 0.25) is 0 Å².